The van der Waals surface area contributed by atoms with Gasteiger partial charge in [-0.05, 0) is 6.42 Å². The first kappa shape index (κ1) is 19.3. The lowest BCUT2D eigenvalue weighted by Gasteiger charge is -2.35. The molecule has 0 nitrogen and oxygen atoms in total. The minimum atomic E-state index is -7.03. The summed E-state index contributed by atoms with van der Waals surface area (Å²) in [4.78, 5) is 0. The molecule has 20 heavy (non-hydrogen) atoms. The molecule has 0 rings (SSSR count). The molecule has 0 aliphatic rings. The van der Waals surface area contributed by atoms with Crippen LogP contribution in [0.5, 0.6) is 0 Å². The highest BCUT2D eigenvalue weighted by Gasteiger charge is 2.83. The summed E-state index contributed by atoms with van der Waals surface area (Å²) in [6.07, 6.45) is -11.7. The molecule has 122 valence electrons. The van der Waals surface area contributed by atoms with E-state index in [1.807, 2.05) is 0 Å². The molecule has 0 N–H and O–H groups in total. The second-order valence-electron chi connectivity index (χ2n) is 4.23. The van der Waals surface area contributed by atoms with Gasteiger partial charge in [0.15, 0.2) is 6.17 Å². The highest BCUT2D eigenvalue weighted by Crippen LogP contribution is 2.54. The lowest BCUT2D eigenvalue weighted by atomic mass is 9.96. The fourth-order valence-corrected chi connectivity index (χ4v) is 1.34. The predicted molar refractivity (Wildman–Crippen MR) is 49.9 cm³/mol. The highest BCUT2D eigenvalue weighted by molar-refractivity contribution is 5.03. The topological polar surface area (TPSA) is 0 Å². The summed E-state index contributed by atoms with van der Waals surface area (Å²) in [6.45, 7) is 1.57. The summed E-state index contributed by atoms with van der Waals surface area (Å²) in [7, 11) is 0. The van der Waals surface area contributed by atoms with Crippen LogP contribution in [-0.2, 0) is 0 Å². The SMILES string of the molecule is CCCCCC(F)C(F)(F)C(F)(F)C(F)(F)C(F)(F)F. The molecule has 0 heterocycles. The van der Waals surface area contributed by atoms with Crippen molar-refractivity contribution >= 4 is 0 Å². The van der Waals surface area contributed by atoms with Gasteiger partial charge in [-0.25, -0.2) is 4.39 Å². The van der Waals surface area contributed by atoms with Gasteiger partial charge < -0.3 is 0 Å². The third-order valence-electron chi connectivity index (χ3n) is 2.62. The molecule has 0 aromatic heterocycles. The maximum absolute atomic E-state index is 13.0. The van der Waals surface area contributed by atoms with Crippen molar-refractivity contribution in [3.8, 4) is 0 Å². The molecule has 0 saturated heterocycles. The second kappa shape index (κ2) is 5.97. The van der Waals surface area contributed by atoms with E-state index in [9.17, 15) is 43.9 Å². The van der Waals surface area contributed by atoms with Crippen LogP contribution in [0.1, 0.15) is 32.6 Å². The Bertz CT molecular complexity index is 306. The van der Waals surface area contributed by atoms with Crippen LogP contribution in [0.4, 0.5) is 43.9 Å². The molecule has 0 aromatic carbocycles. The van der Waals surface area contributed by atoms with E-state index in [-0.39, 0.29) is 12.8 Å². The van der Waals surface area contributed by atoms with E-state index in [0.29, 0.717) is 6.42 Å². The van der Waals surface area contributed by atoms with Gasteiger partial charge in [0.25, 0.3) is 0 Å². The molecule has 0 saturated carbocycles. The summed E-state index contributed by atoms with van der Waals surface area (Å²) >= 11 is 0. The standard InChI is InChI=1S/C10H12F10/c1-2-3-4-5-6(11)7(12,13)8(14,15)9(16,17)10(18,19)20/h6H,2-5H2,1H3. The minimum Gasteiger partial charge on any atom is -0.241 e. The van der Waals surface area contributed by atoms with Crippen LogP contribution in [0.25, 0.3) is 0 Å². The summed E-state index contributed by atoms with van der Waals surface area (Å²) < 4.78 is 125. The average molecular weight is 322 g/mol. The van der Waals surface area contributed by atoms with Gasteiger partial charge in [0.1, 0.15) is 0 Å². The van der Waals surface area contributed by atoms with Gasteiger partial charge in [0.05, 0.1) is 0 Å². The van der Waals surface area contributed by atoms with E-state index in [0.717, 1.165) is 0 Å². The molecule has 0 bridgehead atoms. The van der Waals surface area contributed by atoms with Crippen LogP contribution in [0.15, 0.2) is 0 Å². The van der Waals surface area contributed by atoms with E-state index in [1.54, 1.807) is 6.92 Å². The molecular formula is C10H12F10. The van der Waals surface area contributed by atoms with Crippen LogP contribution < -0.4 is 0 Å². The van der Waals surface area contributed by atoms with Gasteiger partial charge >= 0.3 is 23.9 Å². The maximum atomic E-state index is 13.0. The first-order valence-corrected chi connectivity index (χ1v) is 5.57. The molecule has 0 amide bonds. The Morgan fingerprint density at radius 2 is 1.20 bits per heavy atom. The van der Waals surface area contributed by atoms with Crippen LogP contribution >= 0.6 is 0 Å². The summed E-state index contributed by atoms with van der Waals surface area (Å²) in [5.74, 6) is -20.0. The molecule has 1 atom stereocenters. The molecule has 0 radical (unpaired) electrons. The molecule has 0 aliphatic heterocycles. The number of hydrogen-bond acceptors (Lipinski definition) is 0. The fourth-order valence-electron chi connectivity index (χ4n) is 1.34. The van der Waals surface area contributed by atoms with E-state index in [2.05, 4.69) is 0 Å². The number of unbranched alkanes of at least 4 members (excludes halogenated alkanes) is 2. The lowest BCUT2D eigenvalue weighted by Crippen LogP contribution is -2.63. The molecule has 10 heteroatoms. The van der Waals surface area contributed by atoms with Gasteiger partial charge in [-0.1, -0.05) is 26.2 Å². The van der Waals surface area contributed by atoms with Crippen LogP contribution in [0.3, 0.4) is 0 Å². The van der Waals surface area contributed by atoms with Crippen LogP contribution in [-0.4, -0.2) is 30.1 Å². The lowest BCUT2D eigenvalue weighted by molar-refractivity contribution is -0.403. The Hall–Kier alpha value is -0.700. The van der Waals surface area contributed by atoms with Crippen molar-refractivity contribution in [2.75, 3.05) is 0 Å². The second-order valence-corrected chi connectivity index (χ2v) is 4.23. The Morgan fingerprint density at radius 3 is 1.55 bits per heavy atom. The van der Waals surface area contributed by atoms with E-state index >= 15 is 0 Å². The first-order chi connectivity index (χ1) is 8.73. The van der Waals surface area contributed by atoms with E-state index in [1.165, 1.54) is 0 Å². The van der Waals surface area contributed by atoms with Crippen LogP contribution in [0.2, 0.25) is 0 Å². The summed E-state index contributed by atoms with van der Waals surface area (Å²) in [5.41, 5.74) is 0. The number of alkyl halides is 10. The quantitative estimate of drug-likeness (QED) is 0.436. The zero-order valence-corrected chi connectivity index (χ0v) is 10.2. The largest absolute Gasteiger partial charge is 0.460 e. The molecular weight excluding hydrogens is 310 g/mol. The fraction of sp³-hybridized carbons (Fsp3) is 1.00. The van der Waals surface area contributed by atoms with Gasteiger partial charge in [0, 0.05) is 0 Å². The number of halogens is 10. The first-order valence-electron chi connectivity index (χ1n) is 5.57. The minimum absolute atomic E-state index is 0.151. The van der Waals surface area contributed by atoms with Gasteiger partial charge in [-0.15, -0.1) is 0 Å². The Labute approximate surface area is 108 Å². The smallest absolute Gasteiger partial charge is 0.241 e. The zero-order chi connectivity index (χ0) is 16.4. The third kappa shape index (κ3) is 3.30. The van der Waals surface area contributed by atoms with Crippen molar-refractivity contribution in [2.24, 2.45) is 0 Å². The molecule has 0 spiro atoms. The number of hydrogen-bond donors (Lipinski definition) is 0. The van der Waals surface area contributed by atoms with Gasteiger partial charge in [-0.3, -0.25) is 0 Å². The molecule has 0 aromatic rings. The van der Waals surface area contributed by atoms with Crippen molar-refractivity contribution in [2.45, 2.75) is 62.7 Å². The van der Waals surface area contributed by atoms with Crippen molar-refractivity contribution in [3.63, 3.8) is 0 Å². The van der Waals surface area contributed by atoms with Crippen molar-refractivity contribution in [1.82, 2.24) is 0 Å². The Morgan fingerprint density at radius 1 is 0.750 bits per heavy atom. The molecule has 1 unspecified atom stereocenters. The van der Waals surface area contributed by atoms with Gasteiger partial charge in [0.2, 0.25) is 0 Å². The molecule has 0 aliphatic carbocycles. The number of rotatable bonds is 7. The monoisotopic (exact) mass is 322 g/mol. The van der Waals surface area contributed by atoms with Crippen LogP contribution in [0, 0.1) is 0 Å². The van der Waals surface area contributed by atoms with Crippen molar-refractivity contribution in [1.29, 1.82) is 0 Å². The highest BCUT2D eigenvalue weighted by atomic mass is 19.4. The normalized spacial score (nSPS) is 16.4. The third-order valence-corrected chi connectivity index (χ3v) is 2.62. The summed E-state index contributed by atoms with van der Waals surface area (Å²) in [5, 5.41) is 0. The zero-order valence-electron chi connectivity index (χ0n) is 10.2. The van der Waals surface area contributed by atoms with E-state index < -0.39 is 36.5 Å². The van der Waals surface area contributed by atoms with E-state index in [4.69, 9.17) is 0 Å². The van der Waals surface area contributed by atoms with Crippen molar-refractivity contribution in [3.05, 3.63) is 0 Å². The maximum Gasteiger partial charge on any atom is 0.460 e. The Balaban J connectivity index is 5.25. The predicted octanol–water partition coefficient (Wildman–Crippen LogP) is 5.37. The Kier molecular flexibility index (Phi) is 5.76. The van der Waals surface area contributed by atoms with Gasteiger partial charge in [-0.2, -0.15) is 39.5 Å². The average Bonchev–Trinajstić information content (AvgIpc) is 2.27. The molecule has 0 fully saturated rings. The summed E-state index contributed by atoms with van der Waals surface area (Å²) in [6, 6.07) is 0. The van der Waals surface area contributed by atoms with Crippen molar-refractivity contribution < 1.29 is 43.9 Å².